The van der Waals surface area contributed by atoms with Gasteiger partial charge >= 0.3 is 0 Å². The minimum Gasteiger partial charge on any atom is -0.491 e. The third-order valence-electron chi connectivity index (χ3n) is 3.67. The maximum atomic E-state index is 11.6. The van der Waals surface area contributed by atoms with Crippen molar-refractivity contribution in [2.45, 2.75) is 11.8 Å². The van der Waals surface area contributed by atoms with Gasteiger partial charge in [-0.3, -0.25) is 4.90 Å². The van der Waals surface area contributed by atoms with Gasteiger partial charge in [-0.05, 0) is 31.7 Å². The van der Waals surface area contributed by atoms with Crippen LogP contribution in [0.3, 0.4) is 0 Å². The van der Waals surface area contributed by atoms with E-state index in [9.17, 15) is 8.42 Å². The molecule has 0 unspecified atom stereocenters. The van der Waals surface area contributed by atoms with Gasteiger partial charge in [0, 0.05) is 32.7 Å². The molecule has 1 aliphatic heterocycles. The third kappa shape index (κ3) is 4.67. The normalized spacial score (nSPS) is 17.9. The van der Waals surface area contributed by atoms with Crippen molar-refractivity contribution in [1.82, 2.24) is 9.80 Å². The molecule has 0 saturated carbocycles. The minimum absolute atomic E-state index is 0.0564. The maximum Gasteiger partial charge on any atom is 0.241 e. The number of hydrogen-bond donors (Lipinski definition) is 1. The van der Waals surface area contributed by atoms with Gasteiger partial charge in [0.05, 0.1) is 0 Å². The summed E-state index contributed by atoms with van der Waals surface area (Å²) in [6.45, 7) is 7.18. The van der Waals surface area contributed by atoms with Crippen LogP contribution < -0.4 is 9.88 Å². The summed E-state index contributed by atoms with van der Waals surface area (Å²) in [5.41, 5.74) is 0.838. The summed E-state index contributed by atoms with van der Waals surface area (Å²) < 4.78 is 28.8. The van der Waals surface area contributed by atoms with E-state index in [1.54, 1.807) is 12.1 Å². The Morgan fingerprint density at radius 2 is 1.90 bits per heavy atom. The molecule has 0 atom stereocenters. The molecule has 7 heteroatoms. The van der Waals surface area contributed by atoms with Crippen molar-refractivity contribution in [2.24, 2.45) is 5.14 Å². The van der Waals surface area contributed by atoms with E-state index in [4.69, 9.17) is 9.88 Å². The molecule has 1 aromatic carbocycles. The summed E-state index contributed by atoms with van der Waals surface area (Å²) in [6, 6.07) is 5.03. The lowest BCUT2D eigenvalue weighted by atomic mass is 10.2. The molecule has 0 aliphatic carbocycles. The zero-order valence-corrected chi connectivity index (χ0v) is 13.4. The molecule has 1 aliphatic rings. The van der Waals surface area contributed by atoms with E-state index in [0.29, 0.717) is 12.4 Å². The molecule has 21 heavy (non-hydrogen) atoms. The molecule has 1 aromatic rings. The molecular formula is C14H23N3O3S. The van der Waals surface area contributed by atoms with Crippen LogP contribution in [-0.4, -0.2) is 64.6 Å². The van der Waals surface area contributed by atoms with Crippen molar-refractivity contribution in [2.75, 3.05) is 46.4 Å². The predicted molar refractivity (Wildman–Crippen MR) is 82.0 cm³/mol. The Balaban J connectivity index is 1.94. The second kappa shape index (κ2) is 6.74. The SMILES string of the molecule is Cc1ccc(OCCN2CCN(C)CC2)c(S(N)(=O)=O)c1. The van der Waals surface area contributed by atoms with Crippen LogP contribution in [-0.2, 0) is 10.0 Å². The first kappa shape index (κ1) is 16.2. The molecule has 2 N–H and O–H groups in total. The van der Waals surface area contributed by atoms with Crippen molar-refractivity contribution in [3.8, 4) is 5.75 Å². The highest BCUT2D eigenvalue weighted by Gasteiger charge is 2.17. The number of nitrogens with two attached hydrogens (primary N) is 1. The largest absolute Gasteiger partial charge is 0.491 e. The van der Waals surface area contributed by atoms with Crippen LogP contribution in [0.25, 0.3) is 0 Å². The number of ether oxygens (including phenoxy) is 1. The molecule has 118 valence electrons. The maximum absolute atomic E-state index is 11.6. The molecule has 0 bridgehead atoms. The number of sulfonamides is 1. The lowest BCUT2D eigenvalue weighted by Gasteiger charge is -2.32. The molecule has 6 nitrogen and oxygen atoms in total. The Morgan fingerprint density at radius 3 is 2.52 bits per heavy atom. The van der Waals surface area contributed by atoms with E-state index in [2.05, 4.69) is 16.8 Å². The first-order valence-corrected chi connectivity index (χ1v) is 8.58. The van der Waals surface area contributed by atoms with Crippen molar-refractivity contribution in [3.63, 3.8) is 0 Å². The number of rotatable bonds is 5. The van der Waals surface area contributed by atoms with Crippen LogP contribution in [0.5, 0.6) is 5.75 Å². The molecule has 1 fully saturated rings. The molecule has 0 spiro atoms. The number of nitrogens with zero attached hydrogens (tertiary/aromatic N) is 2. The molecule has 0 amide bonds. The smallest absolute Gasteiger partial charge is 0.241 e. The Morgan fingerprint density at radius 1 is 1.24 bits per heavy atom. The van der Waals surface area contributed by atoms with Crippen LogP contribution in [0.2, 0.25) is 0 Å². The summed E-state index contributed by atoms with van der Waals surface area (Å²) in [5.74, 6) is 0.331. The molecule has 1 heterocycles. The Kier molecular flexibility index (Phi) is 5.21. The highest BCUT2D eigenvalue weighted by Crippen LogP contribution is 2.23. The summed E-state index contributed by atoms with van der Waals surface area (Å²) in [7, 11) is -1.65. The Labute approximate surface area is 126 Å². The highest BCUT2D eigenvalue weighted by molar-refractivity contribution is 7.89. The zero-order valence-electron chi connectivity index (χ0n) is 12.6. The van der Waals surface area contributed by atoms with Crippen molar-refractivity contribution in [1.29, 1.82) is 0 Å². The second-order valence-electron chi connectivity index (χ2n) is 5.49. The van der Waals surface area contributed by atoms with Crippen molar-refractivity contribution < 1.29 is 13.2 Å². The number of benzene rings is 1. The number of hydrogen-bond acceptors (Lipinski definition) is 5. The fourth-order valence-corrected chi connectivity index (χ4v) is 3.07. The predicted octanol–water partition coefficient (Wildman–Crippen LogP) is 0.269. The monoisotopic (exact) mass is 313 g/mol. The third-order valence-corrected chi connectivity index (χ3v) is 4.60. The van der Waals surface area contributed by atoms with Crippen molar-refractivity contribution in [3.05, 3.63) is 23.8 Å². The summed E-state index contributed by atoms with van der Waals surface area (Å²) in [4.78, 5) is 4.65. The van der Waals surface area contributed by atoms with E-state index in [1.165, 1.54) is 0 Å². The second-order valence-corrected chi connectivity index (χ2v) is 7.02. The summed E-state index contributed by atoms with van der Waals surface area (Å²) in [6.07, 6.45) is 0. The fraction of sp³-hybridized carbons (Fsp3) is 0.571. The van der Waals surface area contributed by atoms with E-state index in [1.807, 2.05) is 13.0 Å². The lowest BCUT2D eigenvalue weighted by Crippen LogP contribution is -2.45. The first-order chi connectivity index (χ1) is 9.86. The van der Waals surface area contributed by atoms with Gasteiger partial charge in [-0.2, -0.15) is 0 Å². The quantitative estimate of drug-likeness (QED) is 0.844. The van der Waals surface area contributed by atoms with Gasteiger partial charge in [-0.15, -0.1) is 0 Å². The van der Waals surface area contributed by atoms with Crippen LogP contribution >= 0.6 is 0 Å². The lowest BCUT2D eigenvalue weighted by molar-refractivity contribution is 0.133. The fourth-order valence-electron chi connectivity index (χ4n) is 2.31. The summed E-state index contributed by atoms with van der Waals surface area (Å²) >= 11 is 0. The van der Waals surface area contributed by atoms with Gasteiger partial charge in [0.2, 0.25) is 10.0 Å². The molecular weight excluding hydrogens is 290 g/mol. The number of aryl methyl sites for hydroxylation is 1. The van der Waals surface area contributed by atoms with Gasteiger partial charge in [-0.25, -0.2) is 13.6 Å². The minimum atomic E-state index is -3.76. The van der Waals surface area contributed by atoms with Gasteiger partial charge in [-0.1, -0.05) is 6.07 Å². The standard InChI is InChI=1S/C14H23N3O3S/c1-12-3-4-13(14(11-12)21(15,18)19)20-10-9-17-7-5-16(2)6-8-17/h3-4,11H,5-10H2,1-2H3,(H2,15,18,19). The van der Waals surface area contributed by atoms with Gasteiger partial charge in [0.1, 0.15) is 17.3 Å². The summed E-state index contributed by atoms with van der Waals surface area (Å²) in [5, 5.41) is 5.23. The van der Waals surface area contributed by atoms with Gasteiger partial charge in [0.25, 0.3) is 0 Å². The van der Waals surface area contributed by atoms with Crippen LogP contribution in [0.4, 0.5) is 0 Å². The van der Waals surface area contributed by atoms with E-state index >= 15 is 0 Å². The zero-order chi connectivity index (χ0) is 15.5. The van der Waals surface area contributed by atoms with Crippen LogP contribution in [0.1, 0.15) is 5.56 Å². The van der Waals surface area contributed by atoms with Crippen LogP contribution in [0.15, 0.2) is 23.1 Å². The van der Waals surface area contributed by atoms with Gasteiger partial charge in [0.15, 0.2) is 0 Å². The topological polar surface area (TPSA) is 75.9 Å². The molecule has 0 radical (unpaired) electrons. The molecule has 2 rings (SSSR count). The van der Waals surface area contributed by atoms with Gasteiger partial charge < -0.3 is 9.64 Å². The first-order valence-electron chi connectivity index (χ1n) is 7.03. The van der Waals surface area contributed by atoms with E-state index in [-0.39, 0.29) is 4.90 Å². The van der Waals surface area contributed by atoms with Crippen LogP contribution in [0, 0.1) is 6.92 Å². The Hall–Kier alpha value is -1.15. The Bertz CT molecular complexity index is 581. The highest BCUT2D eigenvalue weighted by atomic mass is 32.2. The van der Waals surface area contributed by atoms with Crippen molar-refractivity contribution >= 4 is 10.0 Å². The number of piperazine rings is 1. The van der Waals surface area contributed by atoms with E-state index in [0.717, 1.165) is 38.3 Å². The molecule has 1 saturated heterocycles. The average Bonchev–Trinajstić information content (AvgIpc) is 2.41. The van der Waals surface area contributed by atoms with E-state index < -0.39 is 10.0 Å². The average molecular weight is 313 g/mol. The number of primary sulfonamides is 1. The number of likely N-dealkylation sites (N-methyl/N-ethyl adjacent to an activating group) is 1. The molecule has 0 aromatic heterocycles.